The average Bonchev–Trinajstić information content (AvgIpc) is 2.42. The third-order valence-corrected chi connectivity index (χ3v) is 3.73. The topological polar surface area (TPSA) is 29.1 Å². The van der Waals surface area contributed by atoms with Gasteiger partial charge in [0.2, 0.25) is 6.41 Å². The Bertz CT molecular complexity index is 631. The molecule has 1 N–H and O–H groups in total. The number of rotatable bonds is 5. The highest BCUT2D eigenvalue weighted by molar-refractivity contribution is 9.10. The molecule has 0 spiro atoms. The Hall–Kier alpha value is -1.75. The fourth-order valence-electron chi connectivity index (χ4n) is 1.98. The molecule has 2 nitrogen and oxygen atoms in total. The number of carbonyl (C=O) groups excluding carboxylic acids is 1. The molecule has 0 heterocycles. The van der Waals surface area contributed by atoms with E-state index in [1.807, 2.05) is 0 Å². The molecule has 2 rings (SSSR count). The Kier molecular flexibility index (Phi) is 4.84. The van der Waals surface area contributed by atoms with Crippen LogP contribution in [0.4, 0.5) is 14.5 Å². The van der Waals surface area contributed by atoms with Crippen LogP contribution < -0.4 is 5.32 Å². The number of amides is 1. The number of carbonyl (C=O) groups is 1. The average molecular weight is 340 g/mol. The Morgan fingerprint density at radius 1 is 1.00 bits per heavy atom. The lowest BCUT2D eigenvalue weighted by molar-refractivity contribution is -0.105. The van der Waals surface area contributed by atoms with Crippen LogP contribution in [0, 0.1) is 11.6 Å². The van der Waals surface area contributed by atoms with E-state index in [0.717, 1.165) is 10.0 Å². The first-order valence-corrected chi connectivity index (χ1v) is 6.82. The van der Waals surface area contributed by atoms with Gasteiger partial charge in [-0.25, -0.2) is 8.78 Å². The van der Waals surface area contributed by atoms with Crippen LogP contribution in [0.1, 0.15) is 11.1 Å². The highest BCUT2D eigenvalue weighted by atomic mass is 79.9. The molecule has 20 heavy (non-hydrogen) atoms. The van der Waals surface area contributed by atoms with Crippen LogP contribution in [0.25, 0.3) is 0 Å². The summed E-state index contributed by atoms with van der Waals surface area (Å²) in [5, 5.41) is 2.53. The predicted molar refractivity (Wildman–Crippen MR) is 77.6 cm³/mol. The van der Waals surface area contributed by atoms with E-state index in [2.05, 4.69) is 21.2 Å². The largest absolute Gasteiger partial charge is 0.328 e. The van der Waals surface area contributed by atoms with Gasteiger partial charge in [0.25, 0.3) is 0 Å². The maximum absolute atomic E-state index is 13.3. The van der Waals surface area contributed by atoms with Gasteiger partial charge in [0, 0.05) is 10.2 Å². The van der Waals surface area contributed by atoms with Crippen molar-refractivity contribution >= 4 is 28.0 Å². The summed E-state index contributed by atoms with van der Waals surface area (Å²) < 4.78 is 27.3. The summed E-state index contributed by atoms with van der Waals surface area (Å²) in [7, 11) is 0. The molecule has 0 saturated carbocycles. The summed E-state index contributed by atoms with van der Waals surface area (Å²) in [5.41, 5.74) is 2.04. The molecule has 5 heteroatoms. The van der Waals surface area contributed by atoms with Gasteiger partial charge >= 0.3 is 0 Å². The third kappa shape index (κ3) is 3.63. The summed E-state index contributed by atoms with van der Waals surface area (Å²) in [6.07, 6.45) is 1.58. The van der Waals surface area contributed by atoms with E-state index in [9.17, 15) is 13.6 Å². The van der Waals surface area contributed by atoms with E-state index >= 15 is 0 Å². The second-order valence-corrected chi connectivity index (χ2v) is 5.15. The molecule has 0 aliphatic heterocycles. The van der Waals surface area contributed by atoms with Gasteiger partial charge in [-0.2, -0.15) is 0 Å². The molecular weight excluding hydrogens is 328 g/mol. The number of anilines is 1. The van der Waals surface area contributed by atoms with Gasteiger partial charge < -0.3 is 5.32 Å². The first-order chi connectivity index (χ1) is 9.60. The molecule has 104 valence electrons. The minimum absolute atomic E-state index is 0.311. The van der Waals surface area contributed by atoms with Crippen molar-refractivity contribution in [1.82, 2.24) is 0 Å². The zero-order chi connectivity index (χ0) is 14.5. The van der Waals surface area contributed by atoms with E-state index in [0.29, 0.717) is 30.5 Å². The van der Waals surface area contributed by atoms with Crippen molar-refractivity contribution in [1.29, 1.82) is 0 Å². The van der Waals surface area contributed by atoms with E-state index in [-0.39, 0.29) is 11.6 Å². The van der Waals surface area contributed by atoms with Gasteiger partial charge in [-0.1, -0.05) is 15.9 Å². The lowest BCUT2D eigenvalue weighted by atomic mass is 10.0. The molecule has 2 aromatic carbocycles. The van der Waals surface area contributed by atoms with Gasteiger partial charge in [-0.3, -0.25) is 4.79 Å². The van der Waals surface area contributed by atoms with Crippen LogP contribution in [0.5, 0.6) is 0 Å². The number of aryl methyl sites for hydroxylation is 2. The molecule has 0 atom stereocenters. The van der Waals surface area contributed by atoms with Crippen molar-refractivity contribution < 1.29 is 13.6 Å². The van der Waals surface area contributed by atoms with Crippen molar-refractivity contribution in [2.75, 3.05) is 5.32 Å². The van der Waals surface area contributed by atoms with Crippen LogP contribution >= 0.6 is 15.9 Å². The highest BCUT2D eigenvalue weighted by Crippen LogP contribution is 2.23. The van der Waals surface area contributed by atoms with E-state index in [1.54, 1.807) is 6.07 Å². The summed E-state index contributed by atoms with van der Waals surface area (Å²) in [6, 6.07) is 8.62. The van der Waals surface area contributed by atoms with Crippen LogP contribution in [-0.2, 0) is 17.6 Å². The Morgan fingerprint density at radius 2 is 1.60 bits per heavy atom. The number of nitrogens with one attached hydrogen (secondary N) is 1. The molecule has 1 amide bonds. The number of halogens is 3. The van der Waals surface area contributed by atoms with Gasteiger partial charge in [-0.05, 0) is 60.4 Å². The summed E-state index contributed by atoms with van der Waals surface area (Å²) in [4.78, 5) is 10.5. The highest BCUT2D eigenvalue weighted by Gasteiger charge is 2.07. The zero-order valence-electron chi connectivity index (χ0n) is 10.5. The summed E-state index contributed by atoms with van der Waals surface area (Å²) in [6.45, 7) is 0. The molecule has 0 aliphatic carbocycles. The summed E-state index contributed by atoms with van der Waals surface area (Å²) in [5.74, 6) is -0.677. The Morgan fingerprint density at radius 3 is 2.30 bits per heavy atom. The van der Waals surface area contributed by atoms with E-state index < -0.39 is 0 Å². The van der Waals surface area contributed by atoms with Crippen LogP contribution in [0.2, 0.25) is 0 Å². The SMILES string of the molecule is O=CNc1ccc(F)cc1CCc1cc(F)ccc1Br. The maximum atomic E-state index is 13.3. The second-order valence-electron chi connectivity index (χ2n) is 4.30. The normalized spacial score (nSPS) is 10.3. The molecule has 0 radical (unpaired) electrons. The van der Waals surface area contributed by atoms with Crippen molar-refractivity contribution in [2.45, 2.75) is 12.8 Å². The molecule has 0 fully saturated rings. The van der Waals surface area contributed by atoms with Gasteiger partial charge in [0.15, 0.2) is 0 Å². The lowest BCUT2D eigenvalue weighted by Crippen LogP contribution is -2.02. The first kappa shape index (κ1) is 14.7. The lowest BCUT2D eigenvalue weighted by Gasteiger charge is -2.09. The minimum atomic E-state index is -0.366. The minimum Gasteiger partial charge on any atom is -0.328 e. The third-order valence-electron chi connectivity index (χ3n) is 2.95. The van der Waals surface area contributed by atoms with E-state index in [4.69, 9.17) is 0 Å². The molecule has 0 unspecified atom stereocenters. The molecule has 0 bridgehead atoms. The smallest absolute Gasteiger partial charge is 0.211 e. The number of hydrogen-bond acceptors (Lipinski definition) is 1. The van der Waals surface area contributed by atoms with Crippen molar-refractivity contribution in [3.05, 3.63) is 63.6 Å². The maximum Gasteiger partial charge on any atom is 0.211 e. The number of benzene rings is 2. The van der Waals surface area contributed by atoms with Gasteiger partial charge in [0.1, 0.15) is 11.6 Å². The first-order valence-electron chi connectivity index (χ1n) is 6.02. The van der Waals surface area contributed by atoms with Crippen LogP contribution in [0.15, 0.2) is 40.9 Å². The van der Waals surface area contributed by atoms with Crippen molar-refractivity contribution in [2.24, 2.45) is 0 Å². The Labute approximate surface area is 123 Å². The van der Waals surface area contributed by atoms with Gasteiger partial charge in [-0.15, -0.1) is 0 Å². The van der Waals surface area contributed by atoms with Crippen LogP contribution in [0.3, 0.4) is 0 Å². The van der Waals surface area contributed by atoms with Crippen LogP contribution in [-0.4, -0.2) is 6.41 Å². The molecule has 0 saturated heterocycles. The summed E-state index contributed by atoms with van der Waals surface area (Å²) >= 11 is 3.36. The molecule has 0 aliphatic rings. The Balaban J connectivity index is 2.19. The molecule has 2 aromatic rings. The van der Waals surface area contributed by atoms with Crippen molar-refractivity contribution in [3.63, 3.8) is 0 Å². The molecule has 0 aromatic heterocycles. The van der Waals surface area contributed by atoms with E-state index in [1.165, 1.54) is 30.3 Å². The van der Waals surface area contributed by atoms with Gasteiger partial charge in [0.05, 0.1) is 0 Å². The fourth-order valence-corrected chi connectivity index (χ4v) is 2.42. The zero-order valence-corrected chi connectivity index (χ0v) is 12.1. The monoisotopic (exact) mass is 339 g/mol. The quantitative estimate of drug-likeness (QED) is 0.817. The standard InChI is InChI=1S/C15H12BrF2NO/c16-14-5-3-12(17)7-10(14)1-2-11-8-13(18)4-6-15(11)19-9-20/h3-9H,1-2H2,(H,19,20). The predicted octanol–water partition coefficient (Wildman–Crippen LogP) is 4.08. The molecular formula is C15H12BrF2NO. The second kappa shape index (κ2) is 6.61. The van der Waals surface area contributed by atoms with Crippen molar-refractivity contribution in [3.8, 4) is 0 Å². The fraction of sp³-hybridized carbons (Fsp3) is 0.133. The number of hydrogen-bond donors (Lipinski definition) is 1.